The van der Waals surface area contributed by atoms with E-state index in [9.17, 15) is 4.79 Å². The minimum absolute atomic E-state index is 0.0632. The number of fused-ring (bicyclic) bond motifs is 1. The summed E-state index contributed by atoms with van der Waals surface area (Å²) in [5.74, 6) is -0.0632. The van der Waals surface area contributed by atoms with E-state index in [1.165, 1.54) is 11.3 Å². The Kier molecular flexibility index (Phi) is 2.26. The first-order valence-corrected chi connectivity index (χ1v) is 5.58. The van der Waals surface area contributed by atoms with E-state index in [4.69, 9.17) is 0 Å². The number of hydrogen-bond donors (Lipinski definition) is 1. The number of nitrogens with zero attached hydrogens (tertiary/aromatic N) is 2. The van der Waals surface area contributed by atoms with Gasteiger partial charge in [0.15, 0.2) is 4.96 Å². The van der Waals surface area contributed by atoms with Crippen LogP contribution in [0.2, 0.25) is 0 Å². The van der Waals surface area contributed by atoms with E-state index in [0.29, 0.717) is 5.69 Å². The standard InChI is InChI=1S/C10H13N3OS/c1-10(2,3)12-8(14)7-6-15-9-11-4-5-13(7)9/h4-6H,1-3H3,(H,12,14). The Hall–Kier alpha value is -1.36. The summed E-state index contributed by atoms with van der Waals surface area (Å²) in [5.41, 5.74) is 0.425. The van der Waals surface area contributed by atoms with Crippen molar-refractivity contribution in [3.05, 3.63) is 23.5 Å². The quantitative estimate of drug-likeness (QED) is 0.803. The summed E-state index contributed by atoms with van der Waals surface area (Å²) >= 11 is 1.47. The zero-order valence-corrected chi connectivity index (χ0v) is 9.76. The lowest BCUT2D eigenvalue weighted by Crippen LogP contribution is -2.41. The zero-order chi connectivity index (χ0) is 11.1. The molecule has 15 heavy (non-hydrogen) atoms. The number of hydrogen-bond acceptors (Lipinski definition) is 3. The van der Waals surface area contributed by atoms with E-state index in [1.807, 2.05) is 26.2 Å². The van der Waals surface area contributed by atoms with Gasteiger partial charge in [0.05, 0.1) is 0 Å². The highest BCUT2D eigenvalue weighted by atomic mass is 32.1. The second kappa shape index (κ2) is 3.34. The van der Waals surface area contributed by atoms with Gasteiger partial charge in [-0.1, -0.05) is 0 Å². The molecule has 80 valence electrons. The summed E-state index contributed by atoms with van der Waals surface area (Å²) in [4.78, 5) is 16.8. The fourth-order valence-corrected chi connectivity index (χ4v) is 2.13. The molecule has 1 N–H and O–H groups in total. The van der Waals surface area contributed by atoms with Gasteiger partial charge in [0, 0.05) is 23.3 Å². The molecular formula is C10H13N3OS. The monoisotopic (exact) mass is 223 g/mol. The smallest absolute Gasteiger partial charge is 0.269 e. The first-order valence-electron chi connectivity index (χ1n) is 4.70. The van der Waals surface area contributed by atoms with Gasteiger partial charge in [-0.2, -0.15) is 0 Å². The second-order valence-electron chi connectivity index (χ2n) is 4.40. The van der Waals surface area contributed by atoms with Crippen LogP contribution in [0.25, 0.3) is 4.96 Å². The molecule has 0 bridgehead atoms. The molecule has 0 aliphatic rings. The number of carbonyl (C=O) groups is 1. The van der Waals surface area contributed by atoms with Crippen LogP contribution < -0.4 is 5.32 Å². The van der Waals surface area contributed by atoms with Gasteiger partial charge in [0.1, 0.15) is 5.69 Å². The Bertz CT molecular complexity index is 492. The fourth-order valence-electron chi connectivity index (χ4n) is 1.29. The van der Waals surface area contributed by atoms with E-state index in [0.717, 1.165) is 4.96 Å². The molecule has 0 saturated carbocycles. The van der Waals surface area contributed by atoms with Crippen molar-refractivity contribution in [3.8, 4) is 0 Å². The topological polar surface area (TPSA) is 46.4 Å². The maximum atomic E-state index is 11.9. The van der Waals surface area contributed by atoms with E-state index in [1.54, 1.807) is 16.8 Å². The zero-order valence-electron chi connectivity index (χ0n) is 8.94. The third-order valence-electron chi connectivity index (χ3n) is 1.86. The fraction of sp³-hybridized carbons (Fsp3) is 0.400. The molecule has 4 nitrogen and oxygen atoms in total. The van der Waals surface area contributed by atoms with Crippen molar-refractivity contribution in [2.75, 3.05) is 0 Å². The molecule has 0 atom stereocenters. The van der Waals surface area contributed by atoms with Crippen LogP contribution in [0.3, 0.4) is 0 Å². The highest BCUT2D eigenvalue weighted by molar-refractivity contribution is 7.15. The number of rotatable bonds is 1. The SMILES string of the molecule is CC(C)(C)NC(=O)c1csc2nccn12. The minimum atomic E-state index is -0.216. The molecule has 0 radical (unpaired) electrons. The molecule has 0 aromatic carbocycles. The molecule has 0 aliphatic heterocycles. The summed E-state index contributed by atoms with van der Waals surface area (Å²) in [6, 6.07) is 0. The van der Waals surface area contributed by atoms with Crippen LogP contribution in [0.4, 0.5) is 0 Å². The van der Waals surface area contributed by atoms with Crippen molar-refractivity contribution in [3.63, 3.8) is 0 Å². The van der Waals surface area contributed by atoms with Crippen LogP contribution in [0.5, 0.6) is 0 Å². The van der Waals surface area contributed by atoms with Gasteiger partial charge in [-0.3, -0.25) is 9.20 Å². The van der Waals surface area contributed by atoms with E-state index < -0.39 is 0 Å². The van der Waals surface area contributed by atoms with E-state index >= 15 is 0 Å². The predicted octanol–water partition coefficient (Wildman–Crippen LogP) is 1.92. The molecule has 2 aromatic heterocycles. The molecule has 5 heteroatoms. The first-order chi connectivity index (χ1) is 6.97. The molecule has 2 aromatic rings. The number of imidazole rings is 1. The molecule has 0 unspecified atom stereocenters. The average molecular weight is 223 g/mol. The molecule has 2 rings (SSSR count). The Morgan fingerprint density at radius 1 is 1.53 bits per heavy atom. The molecule has 2 heterocycles. The lowest BCUT2D eigenvalue weighted by atomic mass is 10.1. The Morgan fingerprint density at radius 2 is 2.27 bits per heavy atom. The van der Waals surface area contributed by atoms with Crippen LogP contribution in [0.15, 0.2) is 17.8 Å². The van der Waals surface area contributed by atoms with Crippen LogP contribution in [0, 0.1) is 0 Å². The van der Waals surface area contributed by atoms with Gasteiger partial charge in [0.2, 0.25) is 0 Å². The lowest BCUT2D eigenvalue weighted by Gasteiger charge is -2.19. The number of amides is 1. The second-order valence-corrected chi connectivity index (χ2v) is 5.24. The van der Waals surface area contributed by atoms with Gasteiger partial charge >= 0.3 is 0 Å². The van der Waals surface area contributed by atoms with Crippen LogP contribution in [0.1, 0.15) is 31.3 Å². The molecule has 0 fully saturated rings. The first kappa shape index (κ1) is 10.2. The molecule has 0 aliphatic carbocycles. The van der Waals surface area contributed by atoms with Crippen LogP contribution >= 0.6 is 11.3 Å². The predicted molar refractivity (Wildman–Crippen MR) is 60.3 cm³/mol. The largest absolute Gasteiger partial charge is 0.346 e. The number of aromatic nitrogens is 2. The summed E-state index contributed by atoms with van der Waals surface area (Å²) in [7, 11) is 0. The van der Waals surface area contributed by atoms with Crippen LogP contribution in [-0.2, 0) is 0 Å². The minimum Gasteiger partial charge on any atom is -0.346 e. The Labute approximate surface area is 91.9 Å². The van der Waals surface area contributed by atoms with Crippen molar-refractivity contribution >= 4 is 22.2 Å². The maximum Gasteiger partial charge on any atom is 0.269 e. The number of carbonyl (C=O) groups excluding carboxylic acids is 1. The summed E-state index contributed by atoms with van der Waals surface area (Å²) in [6.07, 6.45) is 3.49. The molecule has 0 saturated heterocycles. The van der Waals surface area contributed by atoms with Crippen molar-refractivity contribution in [2.24, 2.45) is 0 Å². The third-order valence-corrected chi connectivity index (χ3v) is 2.72. The van der Waals surface area contributed by atoms with Crippen molar-refractivity contribution < 1.29 is 4.79 Å². The van der Waals surface area contributed by atoms with Crippen molar-refractivity contribution in [2.45, 2.75) is 26.3 Å². The van der Waals surface area contributed by atoms with E-state index in [2.05, 4.69) is 10.3 Å². The van der Waals surface area contributed by atoms with Crippen molar-refractivity contribution in [1.29, 1.82) is 0 Å². The highest BCUT2D eigenvalue weighted by Crippen LogP contribution is 2.15. The van der Waals surface area contributed by atoms with Crippen LogP contribution in [-0.4, -0.2) is 20.8 Å². The van der Waals surface area contributed by atoms with Gasteiger partial charge in [-0.25, -0.2) is 4.98 Å². The summed E-state index contributed by atoms with van der Waals surface area (Å²) in [6.45, 7) is 5.88. The van der Waals surface area contributed by atoms with E-state index in [-0.39, 0.29) is 11.4 Å². The molecule has 0 spiro atoms. The van der Waals surface area contributed by atoms with Gasteiger partial charge < -0.3 is 5.32 Å². The summed E-state index contributed by atoms with van der Waals surface area (Å²) in [5, 5.41) is 4.75. The summed E-state index contributed by atoms with van der Waals surface area (Å²) < 4.78 is 1.80. The Morgan fingerprint density at radius 3 is 2.93 bits per heavy atom. The molecular weight excluding hydrogens is 210 g/mol. The normalized spacial score (nSPS) is 11.9. The Balaban J connectivity index is 2.32. The number of nitrogens with one attached hydrogen (secondary N) is 1. The van der Waals surface area contributed by atoms with Crippen molar-refractivity contribution in [1.82, 2.24) is 14.7 Å². The number of thiazole rings is 1. The van der Waals surface area contributed by atoms with Gasteiger partial charge in [0.25, 0.3) is 5.91 Å². The van der Waals surface area contributed by atoms with Gasteiger partial charge in [-0.05, 0) is 20.8 Å². The molecule has 1 amide bonds. The third kappa shape index (κ3) is 2.02. The van der Waals surface area contributed by atoms with Gasteiger partial charge in [-0.15, -0.1) is 11.3 Å². The maximum absolute atomic E-state index is 11.9. The lowest BCUT2D eigenvalue weighted by molar-refractivity contribution is 0.0914. The average Bonchev–Trinajstić information content (AvgIpc) is 2.57. The highest BCUT2D eigenvalue weighted by Gasteiger charge is 2.18.